The zero-order chi connectivity index (χ0) is 16.7. The number of nitrogens with one attached hydrogen (secondary N) is 1. The minimum Gasteiger partial charge on any atom is -0.481 e. The molecule has 122 valence electrons. The maximum Gasteiger partial charge on any atom is 0.340 e. The van der Waals surface area contributed by atoms with Crippen molar-refractivity contribution in [2.45, 2.75) is 13.3 Å². The zero-order valence-electron chi connectivity index (χ0n) is 12.7. The van der Waals surface area contributed by atoms with Gasteiger partial charge in [0.15, 0.2) is 0 Å². The molecule has 1 aromatic heterocycles. The van der Waals surface area contributed by atoms with Crippen molar-refractivity contribution < 1.29 is 24.2 Å². The Bertz CT molecular complexity index is 707. The smallest absolute Gasteiger partial charge is 0.340 e. The molecule has 0 spiro atoms. The van der Waals surface area contributed by atoms with E-state index in [1.807, 2.05) is 19.1 Å². The van der Waals surface area contributed by atoms with E-state index in [-0.39, 0.29) is 17.7 Å². The topological polar surface area (TPSA) is 92.7 Å². The van der Waals surface area contributed by atoms with Gasteiger partial charge < -0.3 is 15.2 Å². The van der Waals surface area contributed by atoms with Crippen LogP contribution in [0.25, 0.3) is 0 Å². The monoisotopic (exact) mass is 335 g/mol. The molecule has 1 heterocycles. The Morgan fingerprint density at radius 3 is 2.52 bits per heavy atom. The SMILES string of the molecule is COC(=O)c1cc(C)sc1NC(=O)[C@H]1[C@H](C(=O)O)[C@H]2C=C[C@H]1C2. The summed E-state index contributed by atoms with van der Waals surface area (Å²) in [5.41, 5.74) is 0.300. The molecule has 2 aliphatic rings. The molecular weight excluding hydrogens is 318 g/mol. The van der Waals surface area contributed by atoms with Crippen molar-refractivity contribution in [2.24, 2.45) is 23.7 Å². The molecule has 2 aliphatic carbocycles. The lowest BCUT2D eigenvalue weighted by Crippen LogP contribution is -2.36. The van der Waals surface area contributed by atoms with E-state index in [1.54, 1.807) is 6.07 Å². The van der Waals surface area contributed by atoms with E-state index >= 15 is 0 Å². The van der Waals surface area contributed by atoms with Crippen LogP contribution >= 0.6 is 11.3 Å². The Hall–Kier alpha value is -2.15. The average molecular weight is 335 g/mol. The second-order valence-corrected chi connectivity index (χ2v) is 7.18. The molecule has 1 fully saturated rings. The van der Waals surface area contributed by atoms with Gasteiger partial charge >= 0.3 is 11.9 Å². The van der Waals surface area contributed by atoms with Gasteiger partial charge in [-0.25, -0.2) is 4.79 Å². The van der Waals surface area contributed by atoms with Gasteiger partial charge in [0.25, 0.3) is 0 Å². The number of carboxylic acids is 1. The molecule has 23 heavy (non-hydrogen) atoms. The number of aryl methyl sites for hydroxylation is 1. The summed E-state index contributed by atoms with van der Waals surface area (Å²) >= 11 is 1.28. The van der Waals surface area contributed by atoms with Crippen LogP contribution in [0.3, 0.4) is 0 Å². The average Bonchev–Trinajstić information content (AvgIpc) is 3.19. The van der Waals surface area contributed by atoms with E-state index in [0.717, 1.165) is 4.88 Å². The number of methoxy groups -OCH3 is 1. The van der Waals surface area contributed by atoms with Crippen LogP contribution in [-0.2, 0) is 14.3 Å². The number of esters is 1. The van der Waals surface area contributed by atoms with Gasteiger partial charge in [-0.1, -0.05) is 12.2 Å². The first-order valence-corrected chi connectivity index (χ1v) is 8.14. The molecule has 0 radical (unpaired) electrons. The standard InChI is InChI=1S/C16H17NO5S/c1-7-5-10(16(21)22-2)14(23-7)17-13(18)11-8-3-4-9(6-8)12(11)15(19)20/h3-5,8-9,11-12H,6H2,1-2H3,(H,17,18)(H,19,20)/t8-,9-,11+,12+/m0/s1. The van der Waals surface area contributed by atoms with E-state index in [0.29, 0.717) is 17.0 Å². The molecule has 7 heteroatoms. The van der Waals surface area contributed by atoms with Crippen LogP contribution in [0.1, 0.15) is 21.7 Å². The number of carbonyl (C=O) groups excluding carboxylic acids is 2. The number of hydrogen-bond acceptors (Lipinski definition) is 5. The highest BCUT2D eigenvalue weighted by atomic mass is 32.1. The highest BCUT2D eigenvalue weighted by molar-refractivity contribution is 7.16. The van der Waals surface area contributed by atoms with Gasteiger partial charge in [0.2, 0.25) is 5.91 Å². The van der Waals surface area contributed by atoms with E-state index < -0.39 is 23.8 Å². The molecule has 2 bridgehead atoms. The van der Waals surface area contributed by atoms with Crippen molar-refractivity contribution in [1.82, 2.24) is 0 Å². The maximum absolute atomic E-state index is 12.6. The van der Waals surface area contributed by atoms with E-state index in [2.05, 4.69) is 5.32 Å². The summed E-state index contributed by atoms with van der Waals surface area (Å²) in [4.78, 5) is 36.8. The number of rotatable bonds is 4. The molecule has 2 N–H and O–H groups in total. The van der Waals surface area contributed by atoms with Gasteiger partial charge in [-0.15, -0.1) is 11.3 Å². The van der Waals surface area contributed by atoms with Crippen LogP contribution in [0.2, 0.25) is 0 Å². The first-order chi connectivity index (χ1) is 10.9. The minimum absolute atomic E-state index is 0.0521. The molecule has 0 unspecified atom stereocenters. The van der Waals surface area contributed by atoms with Crippen molar-refractivity contribution in [3.63, 3.8) is 0 Å². The van der Waals surface area contributed by atoms with Gasteiger partial charge in [0.1, 0.15) is 5.00 Å². The number of ether oxygens (including phenoxy) is 1. The Labute approximate surface area is 137 Å². The molecule has 0 aliphatic heterocycles. The minimum atomic E-state index is -0.947. The molecule has 1 amide bonds. The lowest BCUT2D eigenvalue weighted by Gasteiger charge is -2.23. The summed E-state index contributed by atoms with van der Waals surface area (Å²) < 4.78 is 4.72. The number of allylic oxidation sites excluding steroid dienone is 2. The van der Waals surface area contributed by atoms with E-state index in [4.69, 9.17) is 4.74 Å². The quantitative estimate of drug-likeness (QED) is 0.650. The fraction of sp³-hybridized carbons (Fsp3) is 0.438. The molecule has 4 atom stereocenters. The molecule has 1 aromatic rings. The van der Waals surface area contributed by atoms with Crippen LogP contribution in [0.15, 0.2) is 18.2 Å². The Balaban J connectivity index is 1.84. The van der Waals surface area contributed by atoms with Gasteiger partial charge in [-0.05, 0) is 31.2 Å². The number of hydrogen-bond donors (Lipinski definition) is 2. The first-order valence-electron chi connectivity index (χ1n) is 7.33. The van der Waals surface area contributed by atoms with Gasteiger partial charge in [0, 0.05) is 4.88 Å². The summed E-state index contributed by atoms with van der Waals surface area (Å²) in [6.07, 6.45) is 4.51. The third kappa shape index (κ3) is 2.65. The number of carboxylic acid groups (broad SMARTS) is 1. The second-order valence-electron chi connectivity index (χ2n) is 5.92. The number of anilines is 1. The maximum atomic E-state index is 12.6. The summed E-state index contributed by atoms with van der Waals surface area (Å²) in [5, 5.41) is 12.6. The Morgan fingerprint density at radius 2 is 1.91 bits per heavy atom. The number of carbonyl (C=O) groups is 3. The molecule has 3 rings (SSSR count). The zero-order valence-corrected chi connectivity index (χ0v) is 13.6. The largest absolute Gasteiger partial charge is 0.481 e. The van der Waals surface area contributed by atoms with Gasteiger partial charge in [-0.2, -0.15) is 0 Å². The normalized spacial score (nSPS) is 27.9. The number of amides is 1. The predicted molar refractivity (Wildman–Crippen MR) is 84.4 cm³/mol. The van der Waals surface area contributed by atoms with Crippen molar-refractivity contribution in [2.75, 3.05) is 12.4 Å². The van der Waals surface area contributed by atoms with Crippen LogP contribution in [-0.4, -0.2) is 30.1 Å². The molecular formula is C16H17NO5S. The number of thiophene rings is 1. The van der Waals surface area contributed by atoms with Crippen molar-refractivity contribution in [3.05, 3.63) is 28.7 Å². The number of aliphatic carboxylic acids is 1. The van der Waals surface area contributed by atoms with Crippen molar-refractivity contribution in [1.29, 1.82) is 0 Å². The second kappa shape index (κ2) is 5.81. The lowest BCUT2D eigenvalue weighted by atomic mass is 9.82. The highest BCUT2D eigenvalue weighted by Gasteiger charge is 2.51. The molecule has 0 aromatic carbocycles. The first kappa shape index (κ1) is 15.7. The molecule has 0 saturated heterocycles. The molecule has 6 nitrogen and oxygen atoms in total. The summed E-state index contributed by atoms with van der Waals surface area (Å²) in [7, 11) is 1.28. The predicted octanol–water partition coefficient (Wildman–Crippen LogP) is 2.30. The summed E-state index contributed by atoms with van der Waals surface area (Å²) in [5.74, 6) is -3.25. The van der Waals surface area contributed by atoms with E-state index in [9.17, 15) is 19.5 Å². The van der Waals surface area contributed by atoms with Crippen LogP contribution in [0.4, 0.5) is 5.00 Å². The van der Waals surface area contributed by atoms with Gasteiger partial charge in [-0.3, -0.25) is 9.59 Å². The fourth-order valence-corrected chi connectivity index (χ4v) is 4.48. The van der Waals surface area contributed by atoms with Crippen LogP contribution < -0.4 is 5.32 Å². The summed E-state index contributed by atoms with van der Waals surface area (Å²) in [6.45, 7) is 1.83. The Morgan fingerprint density at radius 1 is 1.26 bits per heavy atom. The fourth-order valence-electron chi connectivity index (χ4n) is 3.58. The Kier molecular flexibility index (Phi) is 3.97. The third-order valence-corrected chi connectivity index (χ3v) is 5.51. The van der Waals surface area contributed by atoms with Crippen molar-refractivity contribution >= 4 is 34.2 Å². The third-order valence-electron chi connectivity index (χ3n) is 4.54. The van der Waals surface area contributed by atoms with Crippen LogP contribution in [0.5, 0.6) is 0 Å². The van der Waals surface area contributed by atoms with Crippen LogP contribution in [0, 0.1) is 30.6 Å². The number of fused-ring (bicyclic) bond motifs is 2. The van der Waals surface area contributed by atoms with E-state index in [1.165, 1.54) is 18.4 Å². The summed E-state index contributed by atoms with van der Waals surface area (Å²) in [6, 6.07) is 1.65. The van der Waals surface area contributed by atoms with Gasteiger partial charge in [0.05, 0.1) is 24.5 Å². The van der Waals surface area contributed by atoms with Crippen molar-refractivity contribution in [3.8, 4) is 0 Å². The highest BCUT2D eigenvalue weighted by Crippen LogP contribution is 2.48. The lowest BCUT2D eigenvalue weighted by molar-refractivity contribution is -0.146. The molecule has 1 saturated carbocycles.